The van der Waals surface area contributed by atoms with Crippen LogP contribution in [0.3, 0.4) is 0 Å². The van der Waals surface area contributed by atoms with Crippen LogP contribution >= 0.6 is 0 Å². The zero-order valence-electron chi connectivity index (χ0n) is 12.3. The van der Waals surface area contributed by atoms with E-state index >= 15 is 0 Å². The van der Waals surface area contributed by atoms with Crippen LogP contribution < -0.4 is 5.32 Å². The second kappa shape index (κ2) is 5.05. The quantitative estimate of drug-likeness (QED) is 0.794. The number of carbonyl (C=O) groups excluding carboxylic acids is 1. The Kier molecular flexibility index (Phi) is 3.21. The third kappa shape index (κ3) is 2.40. The first-order valence-corrected chi connectivity index (χ1v) is 6.76. The van der Waals surface area contributed by atoms with Crippen molar-refractivity contribution in [3.63, 3.8) is 0 Å². The lowest BCUT2D eigenvalue weighted by Crippen LogP contribution is -2.25. The third-order valence-corrected chi connectivity index (χ3v) is 3.51. The van der Waals surface area contributed by atoms with Crippen LogP contribution in [-0.2, 0) is 13.6 Å². The highest BCUT2D eigenvalue weighted by Gasteiger charge is 2.14. The molecule has 0 saturated carbocycles. The molecule has 3 rings (SSSR count). The molecule has 0 aliphatic carbocycles. The predicted octanol–water partition coefficient (Wildman–Crippen LogP) is 1.61. The average molecular weight is 283 g/mol. The minimum Gasteiger partial charge on any atom is -0.345 e. The van der Waals surface area contributed by atoms with Gasteiger partial charge in [0, 0.05) is 18.9 Å². The van der Waals surface area contributed by atoms with E-state index in [0.29, 0.717) is 12.2 Å². The Labute approximate surface area is 122 Å². The molecule has 0 atom stereocenters. The van der Waals surface area contributed by atoms with Gasteiger partial charge in [0.1, 0.15) is 11.3 Å². The highest BCUT2D eigenvalue weighted by atomic mass is 16.2. The van der Waals surface area contributed by atoms with Crippen LogP contribution in [0, 0.1) is 13.8 Å². The van der Waals surface area contributed by atoms with Crippen molar-refractivity contribution >= 4 is 11.6 Å². The number of carbonyl (C=O) groups is 1. The molecule has 21 heavy (non-hydrogen) atoms. The van der Waals surface area contributed by atoms with Gasteiger partial charge < -0.3 is 14.3 Å². The zero-order valence-corrected chi connectivity index (χ0v) is 12.3. The van der Waals surface area contributed by atoms with Crippen LogP contribution in [0.5, 0.6) is 0 Å². The summed E-state index contributed by atoms with van der Waals surface area (Å²) in [4.78, 5) is 20.8. The molecule has 1 N–H and O–H groups in total. The summed E-state index contributed by atoms with van der Waals surface area (Å²) in [6.07, 6.45) is 3.58. The highest BCUT2D eigenvalue weighted by Crippen LogP contribution is 2.09. The Bertz CT molecular complexity index is 795. The summed E-state index contributed by atoms with van der Waals surface area (Å²) in [5.74, 6) is -0.138. The Morgan fingerprint density at radius 2 is 2.14 bits per heavy atom. The van der Waals surface area contributed by atoms with Crippen molar-refractivity contribution in [2.24, 2.45) is 7.05 Å². The number of hydrogen-bond donors (Lipinski definition) is 1. The summed E-state index contributed by atoms with van der Waals surface area (Å²) in [7, 11) is 1.81. The van der Waals surface area contributed by atoms with Crippen molar-refractivity contribution in [2.45, 2.75) is 20.4 Å². The van der Waals surface area contributed by atoms with E-state index in [1.54, 1.807) is 10.9 Å². The lowest BCUT2D eigenvalue weighted by atomic mass is 10.3. The number of fused-ring (bicyclic) bond motifs is 1. The largest absolute Gasteiger partial charge is 0.345 e. The molecule has 0 spiro atoms. The summed E-state index contributed by atoms with van der Waals surface area (Å²) in [6, 6.07) is 5.94. The van der Waals surface area contributed by atoms with Gasteiger partial charge in [0.2, 0.25) is 0 Å². The van der Waals surface area contributed by atoms with E-state index in [2.05, 4.69) is 15.3 Å². The number of aromatic nitrogens is 4. The topological polar surface area (TPSA) is 64.2 Å². The maximum atomic E-state index is 12.2. The Hall–Kier alpha value is -2.63. The minimum atomic E-state index is -0.138. The molecule has 0 aliphatic heterocycles. The smallest absolute Gasteiger partial charge is 0.270 e. The molecule has 0 unspecified atom stereocenters. The molecule has 3 aromatic heterocycles. The maximum absolute atomic E-state index is 12.2. The number of nitrogens with zero attached hydrogens (tertiary/aromatic N) is 4. The van der Waals surface area contributed by atoms with Crippen LogP contribution in [0.15, 0.2) is 30.7 Å². The van der Waals surface area contributed by atoms with Gasteiger partial charge in [-0.15, -0.1) is 0 Å². The van der Waals surface area contributed by atoms with Gasteiger partial charge in [-0.25, -0.2) is 9.97 Å². The van der Waals surface area contributed by atoms with Crippen LogP contribution in [-0.4, -0.2) is 24.8 Å². The summed E-state index contributed by atoms with van der Waals surface area (Å²) >= 11 is 0. The molecule has 0 fully saturated rings. The van der Waals surface area contributed by atoms with Gasteiger partial charge in [0.15, 0.2) is 0 Å². The van der Waals surface area contributed by atoms with Gasteiger partial charge in [-0.05, 0) is 26.0 Å². The van der Waals surface area contributed by atoms with E-state index in [0.717, 1.165) is 22.7 Å². The van der Waals surface area contributed by atoms with Gasteiger partial charge in [-0.3, -0.25) is 4.79 Å². The summed E-state index contributed by atoms with van der Waals surface area (Å²) in [6.45, 7) is 4.24. The summed E-state index contributed by atoms with van der Waals surface area (Å²) in [5, 5.41) is 2.89. The molecule has 3 heterocycles. The SMILES string of the molecule is Cc1ncn(C)c1C(=O)NCc1cn2c(C)cccc2n1. The highest BCUT2D eigenvalue weighted by molar-refractivity contribution is 5.93. The number of rotatable bonds is 3. The number of amides is 1. The second-order valence-electron chi connectivity index (χ2n) is 5.10. The van der Waals surface area contributed by atoms with Crippen LogP contribution in [0.2, 0.25) is 0 Å². The molecule has 3 aromatic rings. The van der Waals surface area contributed by atoms with Crippen molar-refractivity contribution in [3.8, 4) is 0 Å². The Balaban J connectivity index is 1.77. The first-order chi connectivity index (χ1) is 10.1. The summed E-state index contributed by atoms with van der Waals surface area (Å²) in [5.41, 5.74) is 4.13. The molecule has 0 saturated heterocycles. The number of nitrogens with one attached hydrogen (secondary N) is 1. The van der Waals surface area contributed by atoms with Gasteiger partial charge in [-0.1, -0.05) is 6.07 Å². The third-order valence-electron chi connectivity index (χ3n) is 3.51. The van der Waals surface area contributed by atoms with E-state index in [1.165, 1.54) is 0 Å². The molecule has 0 bridgehead atoms. The predicted molar refractivity (Wildman–Crippen MR) is 79.0 cm³/mol. The van der Waals surface area contributed by atoms with E-state index in [-0.39, 0.29) is 5.91 Å². The van der Waals surface area contributed by atoms with Crippen LogP contribution in [0.4, 0.5) is 0 Å². The fourth-order valence-electron chi connectivity index (χ4n) is 2.41. The Morgan fingerprint density at radius 3 is 2.81 bits per heavy atom. The Morgan fingerprint density at radius 1 is 1.33 bits per heavy atom. The second-order valence-corrected chi connectivity index (χ2v) is 5.10. The van der Waals surface area contributed by atoms with Crippen molar-refractivity contribution in [1.82, 2.24) is 24.3 Å². The van der Waals surface area contributed by atoms with E-state index in [1.807, 2.05) is 49.7 Å². The van der Waals surface area contributed by atoms with E-state index < -0.39 is 0 Å². The van der Waals surface area contributed by atoms with E-state index in [9.17, 15) is 4.79 Å². The van der Waals surface area contributed by atoms with E-state index in [4.69, 9.17) is 0 Å². The zero-order chi connectivity index (χ0) is 15.0. The lowest BCUT2D eigenvalue weighted by molar-refractivity contribution is 0.0941. The number of pyridine rings is 1. The monoisotopic (exact) mass is 283 g/mol. The number of imidazole rings is 2. The maximum Gasteiger partial charge on any atom is 0.270 e. The standard InChI is InChI=1S/C15H17N5O/c1-10-5-4-6-13-18-12(8-20(10)13)7-16-15(21)14-11(2)17-9-19(14)3/h4-6,8-9H,7H2,1-3H3,(H,16,21). The van der Waals surface area contributed by atoms with Gasteiger partial charge in [0.05, 0.1) is 24.3 Å². The summed E-state index contributed by atoms with van der Waals surface area (Å²) < 4.78 is 3.73. The van der Waals surface area contributed by atoms with Gasteiger partial charge in [-0.2, -0.15) is 0 Å². The number of aryl methyl sites for hydroxylation is 3. The first-order valence-electron chi connectivity index (χ1n) is 6.76. The fraction of sp³-hybridized carbons (Fsp3) is 0.267. The minimum absolute atomic E-state index is 0.138. The average Bonchev–Trinajstić information content (AvgIpc) is 3.01. The molecule has 0 aromatic carbocycles. The van der Waals surface area contributed by atoms with Crippen LogP contribution in [0.1, 0.15) is 27.6 Å². The van der Waals surface area contributed by atoms with Gasteiger partial charge in [0.25, 0.3) is 5.91 Å². The fourth-order valence-corrected chi connectivity index (χ4v) is 2.41. The first kappa shape index (κ1) is 13.4. The normalized spacial score (nSPS) is 11.0. The molecule has 0 radical (unpaired) electrons. The van der Waals surface area contributed by atoms with Crippen molar-refractivity contribution in [1.29, 1.82) is 0 Å². The van der Waals surface area contributed by atoms with Crippen molar-refractivity contribution < 1.29 is 4.79 Å². The van der Waals surface area contributed by atoms with Gasteiger partial charge >= 0.3 is 0 Å². The molecule has 0 aliphatic rings. The molecular weight excluding hydrogens is 266 g/mol. The lowest BCUT2D eigenvalue weighted by Gasteiger charge is -2.04. The molecular formula is C15H17N5O. The molecule has 6 heteroatoms. The number of hydrogen-bond acceptors (Lipinski definition) is 3. The van der Waals surface area contributed by atoms with Crippen molar-refractivity contribution in [3.05, 3.63) is 53.5 Å². The molecule has 108 valence electrons. The van der Waals surface area contributed by atoms with Crippen LogP contribution in [0.25, 0.3) is 5.65 Å². The molecule has 6 nitrogen and oxygen atoms in total. The van der Waals surface area contributed by atoms with Crippen molar-refractivity contribution in [2.75, 3.05) is 0 Å². The molecule has 1 amide bonds.